The number of halogens is 6. The Labute approximate surface area is 237 Å². The summed E-state index contributed by atoms with van der Waals surface area (Å²) in [6.07, 6.45) is -6.09. The zero-order valence-corrected chi connectivity index (χ0v) is 21.9. The predicted molar refractivity (Wildman–Crippen MR) is 135 cm³/mol. The van der Waals surface area contributed by atoms with Crippen molar-refractivity contribution < 1.29 is 35.9 Å². The number of hydrogen-bond donors (Lipinski definition) is 1. The second kappa shape index (κ2) is 10.4. The number of amides is 1. The maximum absolute atomic E-state index is 13.9. The Morgan fingerprint density at radius 2 is 1.79 bits per heavy atom. The highest BCUT2D eigenvalue weighted by Gasteiger charge is 2.42. The van der Waals surface area contributed by atoms with Gasteiger partial charge in [-0.05, 0) is 17.2 Å². The van der Waals surface area contributed by atoms with Gasteiger partial charge < -0.3 is 19.1 Å². The maximum Gasteiger partial charge on any atom is 0.451 e. The van der Waals surface area contributed by atoms with Gasteiger partial charge in [-0.1, -0.05) is 24.3 Å². The fourth-order valence-electron chi connectivity index (χ4n) is 5.29. The smallest absolute Gasteiger partial charge is 0.451 e. The molecule has 6 rings (SSSR count). The summed E-state index contributed by atoms with van der Waals surface area (Å²) in [4.78, 5) is 32.1. The van der Waals surface area contributed by atoms with Gasteiger partial charge in [0.25, 0.3) is 11.5 Å². The molecule has 17 heteroatoms. The molecular weight excluding hydrogens is 586 g/mol. The van der Waals surface area contributed by atoms with Crippen molar-refractivity contribution in [3.63, 3.8) is 0 Å². The van der Waals surface area contributed by atoms with E-state index in [-0.39, 0.29) is 49.9 Å². The molecule has 0 aliphatic carbocycles. The number of nitrogens with zero attached hydrogens (tertiary/aromatic N) is 7. The number of carbonyl (C=O) groups excluding carboxylic acids is 1. The molecular formula is C26H20F6N8O3. The minimum Gasteiger partial charge on any atom is -0.489 e. The minimum atomic E-state index is -4.94. The highest BCUT2D eigenvalue weighted by atomic mass is 19.4. The lowest BCUT2D eigenvalue weighted by Crippen LogP contribution is -2.39. The Morgan fingerprint density at radius 1 is 1.00 bits per heavy atom. The van der Waals surface area contributed by atoms with Crippen LogP contribution < -0.4 is 15.2 Å². The van der Waals surface area contributed by atoms with Crippen LogP contribution in [0.25, 0.3) is 0 Å². The van der Waals surface area contributed by atoms with E-state index in [1.54, 1.807) is 24.3 Å². The molecule has 0 radical (unpaired) electrons. The van der Waals surface area contributed by atoms with Crippen LogP contribution in [-0.4, -0.2) is 53.9 Å². The van der Waals surface area contributed by atoms with Crippen LogP contribution in [0, 0.1) is 0 Å². The Morgan fingerprint density at radius 3 is 2.56 bits per heavy atom. The summed E-state index contributed by atoms with van der Waals surface area (Å²) in [5.74, 6) is -1.54. The van der Waals surface area contributed by atoms with E-state index in [9.17, 15) is 35.9 Å². The Balaban J connectivity index is 1.22. The maximum atomic E-state index is 13.9. The van der Waals surface area contributed by atoms with E-state index in [4.69, 9.17) is 4.74 Å². The van der Waals surface area contributed by atoms with Crippen molar-refractivity contribution in [2.24, 2.45) is 0 Å². The first-order valence-corrected chi connectivity index (χ1v) is 12.8. The molecule has 0 saturated heterocycles. The summed E-state index contributed by atoms with van der Waals surface area (Å²) >= 11 is 0. The largest absolute Gasteiger partial charge is 0.489 e. The van der Waals surface area contributed by atoms with E-state index < -0.39 is 46.9 Å². The minimum absolute atomic E-state index is 0.0141. The highest BCUT2D eigenvalue weighted by Crippen LogP contribution is 2.42. The van der Waals surface area contributed by atoms with Crippen LogP contribution in [-0.2, 0) is 32.0 Å². The third kappa shape index (κ3) is 5.25. The summed E-state index contributed by atoms with van der Waals surface area (Å²) in [6, 6.07) is 7.61. The van der Waals surface area contributed by atoms with Crippen LogP contribution in [0.2, 0.25) is 0 Å². The van der Waals surface area contributed by atoms with E-state index in [1.165, 1.54) is 28.3 Å². The lowest BCUT2D eigenvalue weighted by molar-refractivity contribution is -0.148. The van der Waals surface area contributed by atoms with E-state index in [0.717, 1.165) is 16.3 Å². The van der Waals surface area contributed by atoms with E-state index in [1.807, 2.05) is 5.10 Å². The van der Waals surface area contributed by atoms with Crippen LogP contribution in [0.4, 0.5) is 32.0 Å². The van der Waals surface area contributed by atoms with Gasteiger partial charge in [-0.2, -0.15) is 31.4 Å². The normalized spacial score (nSPS) is 16.7. The molecule has 0 bridgehead atoms. The van der Waals surface area contributed by atoms with Crippen molar-refractivity contribution in [3.05, 3.63) is 93.2 Å². The molecule has 224 valence electrons. The summed E-state index contributed by atoms with van der Waals surface area (Å²) in [6.45, 7) is -0.497. The van der Waals surface area contributed by atoms with Crippen LogP contribution >= 0.6 is 0 Å². The number of aromatic amines is 1. The molecule has 2 aliphatic rings. The van der Waals surface area contributed by atoms with Gasteiger partial charge in [-0.15, -0.1) is 10.2 Å². The number of fused-ring (bicyclic) bond motifs is 2. The van der Waals surface area contributed by atoms with Gasteiger partial charge in [-0.25, -0.2) is 5.10 Å². The Bertz CT molecular complexity index is 1750. The lowest BCUT2D eigenvalue weighted by atomic mass is 10.1. The first-order valence-electron chi connectivity index (χ1n) is 12.8. The van der Waals surface area contributed by atoms with Crippen LogP contribution in [0.5, 0.6) is 5.75 Å². The van der Waals surface area contributed by atoms with Crippen molar-refractivity contribution in [1.82, 2.24) is 34.8 Å². The third-order valence-electron chi connectivity index (χ3n) is 7.22. The molecule has 0 spiro atoms. The summed E-state index contributed by atoms with van der Waals surface area (Å²) < 4.78 is 87.9. The topological polar surface area (TPSA) is 122 Å². The molecule has 0 unspecified atom stereocenters. The van der Waals surface area contributed by atoms with Gasteiger partial charge >= 0.3 is 12.4 Å². The number of nitrogens with one attached hydrogen (secondary N) is 1. The first kappa shape index (κ1) is 28.2. The summed E-state index contributed by atoms with van der Waals surface area (Å²) in [5.41, 5.74) is -1.65. The number of carbonyl (C=O) groups is 1. The van der Waals surface area contributed by atoms with Crippen LogP contribution in [0.3, 0.4) is 0 Å². The molecule has 2 aliphatic heterocycles. The number of ether oxygens (including phenoxy) is 1. The summed E-state index contributed by atoms with van der Waals surface area (Å²) in [5, 5.41) is 12.2. The monoisotopic (exact) mass is 606 g/mol. The quantitative estimate of drug-likeness (QED) is 0.342. The molecule has 1 atom stereocenters. The molecule has 1 amide bonds. The zero-order valence-electron chi connectivity index (χ0n) is 21.9. The van der Waals surface area contributed by atoms with Gasteiger partial charge in [0.15, 0.2) is 5.82 Å². The molecule has 5 heterocycles. The third-order valence-corrected chi connectivity index (χ3v) is 7.22. The number of alkyl halides is 6. The number of hydrogen-bond acceptors (Lipinski definition) is 8. The van der Waals surface area contributed by atoms with Gasteiger partial charge in [0.2, 0.25) is 5.82 Å². The average molecular weight is 606 g/mol. The van der Waals surface area contributed by atoms with Crippen molar-refractivity contribution in [3.8, 4) is 5.75 Å². The van der Waals surface area contributed by atoms with E-state index in [0.29, 0.717) is 5.56 Å². The predicted octanol–water partition coefficient (Wildman–Crippen LogP) is 3.59. The second-order valence-electron chi connectivity index (χ2n) is 9.84. The average Bonchev–Trinajstić information content (AvgIpc) is 3.56. The fraction of sp³-hybridized carbons (Fsp3) is 0.308. The number of benzene rings is 1. The fourth-order valence-corrected chi connectivity index (χ4v) is 5.29. The number of pyridine rings is 1. The van der Waals surface area contributed by atoms with Crippen LogP contribution in [0.1, 0.15) is 44.7 Å². The standard InChI is InChI=1S/C26H20F6N8O3/c27-25(28,29)21-18(10-34-36-22(21)41)40-11-14-3-1-2-4-17(14)19(40)13-43-16-7-15(8-33-9-16)23(42)38-5-6-39-20(12-38)35-37-24(39)26(30,31)32/h1-4,7-10,19H,5-6,11-13H2,(H,36,41)/t19-/m0/s1. The number of aromatic nitrogens is 6. The van der Waals surface area contributed by atoms with Crippen molar-refractivity contribution in [2.45, 2.75) is 38.0 Å². The zero-order chi connectivity index (χ0) is 30.5. The van der Waals surface area contributed by atoms with E-state index >= 15 is 0 Å². The van der Waals surface area contributed by atoms with Gasteiger partial charge in [0.05, 0.1) is 36.2 Å². The first-order chi connectivity index (χ1) is 20.4. The van der Waals surface area contributed by atoms with E-state index in [2.05, 4.69) is 20.3 Å². The Hall–Kier alpha value is -4.96. The molecule has 4 aromatic rings. The molecule has 43 heavy (non-hydrogen) atoms. The number of anilines is 1. The lowest BCUT2D eigenvalue weighted by Gasteiger charge is -2.29. The molecule has 0 fully saturated rings. The molecule has 0 saturated carbocycles. The van der Waals surface area contributed by atoms with Crippen LogP contribution in [0.15, 0.2) is 53.7 Å². The SMILES string of the molecule is O=C(c1cncc(OC[C@H]2c3ccccc3CN2c2cn[nH]c(=O)c2C(F)(F)F)c1)N1CCn2c(nnc2C(F)(F)F)C1. The molecule has 1 aromatic carbocycles. The number of rotatable bonds is 5. The van der Waals surface area contributed by atoms with Crippen molar-refractivity contribution in [2.75, 3.05) is 18.1 Å². The van der Waals surface area contributed by atoms with Gasteiger partial charge in [-0.3, -0.25) is 14.6 Å². The molecule has 11 nitrogen and oxygen atoms in total. The van der Waals surface area contributed by atoms with Gasteiger partial charge in [0.1, 0.15) is 17.9 Å². The highest BCUT2D eigenvalue weighted by molar-refractivity contribution is 5.94. The molecule has 3 aromatic heterocycles. The van der Waals surface area contributed by atoms with Crippen molar-refractivity contribution >= 4 is 11.6 Å². The Kier molecular flexibility index (Phi) is 6.81. The summed E-state index contributed by atoms with van der Waals surface area (Å²) in [7, 11) is 0. The van der Waals surface area contributed by atoms with Gasteiger partial charge in [0, 0.05) is 25.8 Å². The number of H-pyrrole nitrogens is 1. The van der Waals surface area contributed by atoms with Crippen molar-refractivity contribution in [1.29, 1.82) is 0 Å². The molecule has 1 N–H and O–H groups in total. The second-order valence-corrected chi connectivity index (χ2v) is 9.84.